The molecule has 3 saturated heterocycles. The van der Waals surface area contributed by atoms with E-state index in [9.17, 15) is 38.0 Å². The smallest absolute Gasteiger partial charge is 0.416 e. The number of hydrogen-bond acceptors (Lipinski definition) is 10. The van der Waals surface area contributed by atoms with Gasteiger partial charge in [0.15, 0.2) is 11.5 Å². The van der Waals surface area contributed by atoms with Gasteiger partial charge in [-0.2, -0.15) is 13.2 Å². The summed E-state index contributed by atoms with van der Waals surface area (Å²) in [6, 6.07) is 5.18. The quantitative estimate of drug-likeness (QED) is 0.150. The van der Waals surface area contributed by atoms with Gasteiger partial charge in [0.25, 0.3) is 5.69 Å². The van der Waals surface area contributed by atoms with Gasteiger partial charge in [0.2, 0.25) is 5.91 Å². The maximum atomic E-state index is 13.7. The second kappa shape index (κ2) is 17.3. The third kappa shape index (κ3) is 9.76. The monoisotopic (exact) mass is 825 g/mol. The molecule has 1 aromatic heterocycles. The number of ether oxygens (including phenoxy) is 2. The van der Waals surface area contributed by atoms with Crippen LogP contribution in [0.4, 0.5) is 29.5 Å². The number of nitro benzene ring substituents is 1. The van der Waals surface area contributed by atoms with Crippen molar-refractivity contribution in [2.24, 2.45) is 17.3 Å². The van der Waals surface area contributed by atoms with Crippen molar-refractivity contribution in [1.29, 1.82) is 0 Å². The zero-order valence-electron chi connectivity index (χ0n) is 33.9. The number of rotatable bonds is 10. The number of likely N-dealkylation sites (tertiary alicyclic amines) is 3. The first-order chi connectivity index (χ1) is 28.1. The van der Waals surface area contributed by atoms with E-state index in [1.165, 1.54) is 32.8 Å². The number of carbonyl (C=O) groups is 2. The Morgan fingerprint density at radius 3 is 2.22 bits per heavy atom. The van der Waals surface area contributed by atoms with Crippen LogP contribution in [-0.2, 0) is 11.0 Å². The van der Waals surface area contributed by atoms with Crippen molar-refractivity contribution in [3.63, 3.8) is 0 Å². The standard InChI is InChI=1S/C42H54F3N7O7/c1-26(30-20-31(42(43,44)45)22-32(21-30)52(56)57)46-38-34-23-37(36(58-3)24-35(34)47-27(2)48-38)59-33-8-16-50(17-9-33)39(53)29-6-14-49(15-7-29)25-28-4-10-41(11-5-28)12-18-51(19-13-41)40(54)55/h20-24,26,28-29,33H,4-19,25H2,1-3H3,(H,54,55)(H,46,47,48). The van der Waals surface area contributed by atoms with Crippen LogP contribution in [0.25, 0.3) is 10.9 Å². The number of aromatic nitrogens is 2. The number of halogens is 3. The largest absolute Gasteiger partial charge is 0.493 e. The van der Waals surface area contributed by atoms with Gasteiger partial charge in [-0.1, -0.05) is 0 Å². The molecule has 4 aliphatic rings. The van der Waals surface area contributed by atoms with Gasteiger partial charge in [0.05, 0.1) is 29.2 Å². The number of nitrogens with zero attached hydrogens (tertiary/aromatic N) is 6. The summed E-state index contributed by atoms with van der Waals surface area (Å²) >= 11 is 0. The van der Waals surface area contributed by atoms with Crippen LogP contribution in [0, 0.1) is 34.3 Å². The Morgan fingerprint density at radius 1 is 0.932 bits per heavy atom. The van der Waals surface area contributed by atoms with Crippen LogP contribution in [0.3, 0.4) is 0 Å². The Kier molecular flexibility index (Phi) is 12.4. The molecule has 1 atom stereocenters. The molecule has 1 spiro atoms. The molecule has 4 fully saturated rings. The second-order valence-corrected chi connectivity index (χ2v) is 17.0. The number of nitro groups is 1. The van der Waals surface area contributed by atoms with Gasteiger partial charge >= 0.3 is 12.3 Å². The molecular weight excluding hydrogens is 771 g/mol. The van der Waals surface area contributed by atoms with Gasteiger partial charge < -0.3 is 34.6 Å². The number of fused-ring (bicyclic) bond motifs is 1. The number of non-ortho nitro benzene ring substituents is 1. The van der Waals surface area contributed by atoms with Crippen molar-refractivity contribution in [3.05, 3.63) is 57.4 Å². The predicted molar refractivity (Wildman–Crippen MR) is 214 cm³/mol. The first kappa shape index (κ1) is 42.2. The molecule has 1 aliphatic carbocycles. The minimum absolute atomic E-state index is 0.0113. The van der Waals surface area contributed by atoms with Crippen molar-refractivity contribution < 1.29 is 42.3 Å². The Morgan fingerprint density at radius 2 is 1.61 bits per heavy atom. The summed E-state index contributed by atoms with van der Waals surface area (Å²) in [7, 11) is 1.52. The van der Waals surface area contributed by atoms with E-state index in [1.807, 2.05) is 4.90 Å². The third-order valence-corrected chi connectivity index (χ3v) is 13.2. The molecule has 17 heteroatoms. The van der Waals surface area contributed by atoms with Gasteiger partial charge in [-0.3, -0.25) is 14.9 Å². The minimum atomic E-state index is -4.77. The summed E-state index contributed by atoms with van der Waals surface area (Å²) in [6.07, 6.45) is 3.90. The number of hydrogen-bond donors (Lipinski definition) is 2. The Balaban J connectivity index is 0.922. The highest BCUT2D eigenvalue weighted by molar-refractivity contribution is 5.92. The molecule has 2 N–H and O–H groups in total. The first-order valence-corrected chi connectivity index (χ1v) is 20.7. The van der Waals surface area contributed by atoms with E-state index in [-0.39, 0.29) is 23.5 Å². The Labute approximate surface area is 341 Å². The van der Waals surface area contributed by atoms with E-state index < -0.39 is 34.5 Å². The van der Waals surface area contributed by atoms with Crippen molar-refractivity contribution in [2.45, 2.75) is 96.4 Å². The van der Waals surface area contributed by atoms with E-state index in [4.69, 9.17) is 9.47 Å². The maximum absolute atomic E-state index is 13.7. The zero-order chi connectivity index (χ0) is 42.1. The molecular formula is C42H54F3N7O7. The Hall–Kier alpha value is -4.93. The van der Waals surface area contributed by atoms with E-state index in [0.29, 0.717) is 90.5 Å². The summed E-state index contributed by atoms with van der Waals surface area (Å²) in [5, 5.41) is 24.5. The maximum Gasteiger partial charge on any atom is 0.416 e. The van der Waals surface area contributed by atoms with Crippen molar-refractivity contribution >= 4 is 34.4 Å². The average molecular weight is 826 g/mol. The van der Waals surface area contributed by atoms with E-state index in [0.717, 1.165) is 57.5 Å². The lowest BCUT2D eigenvalue weighted by molar-refractivity contribution is -0.385. The van der Waals surface area contributed by atoms with Crippen molar-refractivity contribution in [3.8, 4) is 11.5 Å². The summed E-state index contributed by atoms with van der Waals surface area (Å²) in [6.45, 7) is 8.65. The molecule has 3 aliphatic heterocycles. The highest BCUT2D eigenvalue weighted by Gasteiger charge is 2.40. The lowest BCUT2D eigenvalue weighted by atomic mass is 9.65. The van der Waals surface area contributed by atoms with E-state index >= 15 is 0 Å². The predicted octanol–water partition coefficient (Wildman–Crippen LogP) is 8.08. The molecule has 0 bridgehead atoms. The molecule has 14 nitrogen and oxygen atoms in total. The van der Waals surface area contributed by atoms with Crippen molar-refractivity contribution in [1.82, 2.24) is 24.7 Å². The normalized spacial score (nSPS) is 20.4. The van der Waals surface area contributed by atoms with E-state index in [2.05, 4.69) is 20.2 Å². The topological polar surface area (TPSA) is 163 Å². The number of carboxylic acid groups (broad SMARTS) is 1. The number of methoxy groups -OCH3 is 1. The van der Waals surface area contributed by atoms with Crippen LogP contribution in [0.15, 0.2) is 30.3 Å². The number of nitrogens with one attached hydrogen (secondary N) is 1. The van der Waals surface area contributed by atoms with Gasteiger partial charge in [-0.05, 0) is 107 Å². The molecule has 59 heavy (non-hydrogen) atoms. The van der Waals surface area contributed by atoms with Gasteiger partial charge in [-0.25, -0.2) is 14.8 Å². The molecule has 320 valence electrons. The average Bonchev–Trinajstić information content (AvgIpc) is 3.21. The molecule has 1 unspecified atom stereocenters. The first-order valence-electron chi connectivity index (χ1n) is 20.7. The molecule has 3 aromatic rings. The van der Waals surface area contributed by atoms with E-state index in [1.54, 1.807) is 30.9 Å². The van der Waals surface area contributed by atoms with Crippen LogP contribution in [0.1, 0.15) is 94.1 Å². The highest BCUT2D eigenvalue weighted by atomic mass is 19.4. The van der Waals surface area contributed by atoms with Crippen molar-refractivity contribution in [2.75, 3.05) is 58.2 Å². The number of amides is 2. The minimum Gasteiger partial charge on any atom is -0.493 e. The van der Waals surface area contributed by atoms with Gasteiger partial charge in [-0.15, -0.1) is 0 Å². The number of piperidine rings is 3. The zero-order valence-corrected chi connectivity index (χ0v) is 33.9. The summed E-state index contributed by atoms with van der Waals surface area (Å²) in [5.74, 6) is 2.48. The highest BCUT2D eigenvalue weighted by Crippen LogP contribution is 2.47. The lowest BCUT2D eigenvalue weighted by Gasteiger charge is -2.46. The number of carbonyl (C=O) groups excluding carboxylic acids is 1. The molecule has 4 heterocycles. The van der Waals surface area contributed by atoms with Gasteiger partial charge in [0, 0.05) is 75.1 Å². The van der Waals surface area contributed by atoms with Crippen LogP contribution in [0.2, 0.25) is 0 Å². The van der Waals surface area contributed by atoms with Crippen LogP contribution >= 0.6 is 0 Å². The SMILES string of the molecule is COc1cc2nc(C)nc(NC(C)c3cc([N+](=O)[O-])cc(C(F)(F)F)c3)c2cc1OC1CCN(C(=O)C2CCN(CC3CCC4(CC3)CCN(C(=O)O)CC4)CC2)CC1. The molecule has 2 aromatic carbocycles. The third-order valence-electron chi connectivity index (χ3n) is 13.2. The number of aryl methyl sites for hydroxylation is 1. The fourth-order valence-electron chi connectivity index (χ4n) is 9.56. The number of anilines is 1. The summed E-state index contributed by atoms with van der Waals surface area (Å²) in [5.41, 5.74) is -0.882. The molecule has 7 rings (SSSR count). The number of alkyl halides is 3. The Bertz CT molecular complexity index is 2020. The molecule has 0 radical (unpaired) electrons. The summed E-state index contributed by atoms with van der Waals surface area (Å²) < 4.78 is 53.1. The molecule has 1 saturated carbocycles. The fraction of sp³-hybridized carbons (Fsp3) is 0.619. The lowest BCUT2D eigenvalue weighted by Crippen LogP contribution is -2.48. The van der Waals surface area contributed by atoms with Crippen LogP contribution in [-0.4, -0.2) is 106 Å². The molecule has 2 amide bonds. The van der Waals surface area contributed by atoms with Gasteiger partial charge in [0.1, 0.15) is 17.7 Å². The van der Waals surface area contributed by atoms with Crippen LogP contribution in [0.5, 0.6) is 11.5 Å². The summed E-state index contributed by atoms with van der Waals surface area (Å²) in [4.78, 5) is 50.8. The fourth-order valence-corrected chi connectivity index (χ4v) is 9.56. The number of benzene rings is 2. The van der Waals surface area contributed by atoms with Crippen LogP contribution < -0.4 is 14.8 Å². The second-order valence-electron chi connectivity index (χ2n) is 17.0.